The van der Waals surface area contributed by atoms with Gasteiger partial charge < -0.3 is 23.7 Å². The largest absolute Gasteiger partial charge is 0.462 e. The summed E-state index contributed by atoms with van der Waals surface area (Å²) in [6.07, 6.45) is -3.49. The number of hydrogen-bond acceptors (Lipinski definition) is 12. The second-order valence-electron chi connectivity index (χ2n) is 12.5. The lowest BCUT2D eigenvalue weighted by atomic mass is 9.72. The van der Waals surface area contributed by atoms with Crippen molar-refractivity contribution in [1.82, 2.24) is 0 Å². The fraction of sp³-hybridized carbons (Fsp3) is 0.656. The van der Waals surface area contributed by atoms with Gasteiger partial charge in [0.25, 0.3) is 0 Å². The van der Waals surface area contributed by atoms with E-state index >= 15 is 0 Å². The third-order valence-electron chi connectivity index (χ3n) is 7.86. The van der Waals surface area contributed by atoms with Gasteiger partial charge in [-0.15, -0.1) is 0 Å². The standard InChI is InChI=1S/C32H44O12/c1-15(2)30(39)43-27-26(42-21(8)35)18(5)25(41-20(7)34)23-24(40-19(6)33)17(4)14-32(23,44-22(9)36)28(37)16(3)12-13-31(10,11)29(27)38/h12-13,15-17,23-27H,5,14H2,1-4,6-11H3/b13-12+/t16-,17-,23-,24+,25+,26+,27-,32-/m1/s1. The third-order valence-corrected chi connectivity index (χ3v) is 7.86. The summed E-state index contributed by atoms with van der Waals surface area (Å²) in [7, 11) is 0. The zero-order chi connectivity index (χ0) is 33.9. The Kier molecular flexibility index (Phi) is 11.5. The number of carbonyl (C=O) groups is 7. The molecule has 1 fully saturated rings. The molecular weight excluding hydrogens is 576 g/mol. The first-order valence-electron chi connectivity index (χ1n) is 14.5. The van der Waals surface area contributed by atoms with Crippen LogP contribution < -0.4 is 0 Å². The highest BCUT2D eigenvalue weighted by Gasteiger charge is 2.65. The molecule has 2 aliphatic rings. The second-order valence-corrected chi connectivity index (χ2v) is 12.5. The lowest BCUT2D eigenvalue weighted by molar-refractivity contribution is -0.187. The van der Waals surface area contributed by atoms with Gasteiger partial charge in [-0.1, -0.05) is 46.4 Å². The summed E-state index contributed by atoms with van der Waals surface area (Å²) in [5, 5.41) is 0. The first-order valence-corrected chi connectivity index (χ1v) is 14.5. The average molecular weight is 621 g/mol. The molecule has 2 aliphatic carbocycles. The topological polar surface area (TPSA) is 166 Å². The highest BCUT2D eigenvalue weighted by atomic mass is 16.6. The molecule has 0 N–H and O–H groups in total. The normalized spacial score (nSPS) is 32.8. The minimum atomic E-state index is -2.02. The number of Topliss-reactive ketones (excluding diaryl/α,β-unsaturated/α-hetero) is 2. The predicted molar refractivity (Wildman–Crippen MR) is 154 cm³/mol. The van der Waals surface area contributed by atoms with Crippen LogP contribution in [0.15, 0.2) is 24.3 Å². The monoisotopic (exact) mass is 620 g/mol. The molecule has 0 saturated heterocycles. The maximum Gasteiger partial charge on any atom is 0.309 e. The zero-order valence-corrected chi connectivity index (χ0v) is 27.1. The molecule has 0 bridgehead atoms. The van der Waals surface area contributed by atoms with Crippen LogP contribution in [0.25, 0.3) is 0 Å². The lowest BCUT2D eigenvalue weighted by Gasteiger charge is -2.42. The number of hydrogen-bond donors (Lipinski definition) is 0. The van der Waals surface area contributed by atoms with Crippen molar-refractivity contribution in [2.75, 3.05) is 0 Å². The molecule has 0 amide bonds. The molecule has 0 heterocycles. The van der Waals surface area contributed by atoms with Crippen LogP contribution in [0.3, 0.4) is 0 Å². The van der Waals surface area contributed by atoms with Crippen LogP contribution in [-0.2, 0) is 57.2 Å². The SMILES string of the molecule is C=C1[C@H](OC(C)=O)[C@H]2[C@@H](OC(C)=O)[C@H](C)C[C@]2(OC(C)=O)C(=O)[C@H](C)/C=C/C(C)(C)C(=O)[C@H](OC(=O)C(C)C)[C@H]1OC(C)=O. The first kappa shape index (κ1) is 36.4. The summed E-state index contributed by atoms with van der Waals surface area (Å²) in [5.41, 5.74) is -3.65. The summed E-state index contributed by atoms with van der Waals surface area (Å²) < 4.78 is 28.5. The minimum absolute atomic E-state index is 0.121. The van der Waals surface area contributed by atoms with E-state index in [9.17, 15) is 33.6 Å². The Hall–Kier alpha value is -3.83. The Morgan fingerprint density at radius 2 is 1.32 bits per heavy atom. The Morgan fingerprint density at radius 1 is 0.795 bits per heavy atom. The highest BCUT2D eigenvalue weighted by molar-refractivity contribution is 5.95. The van der Waals surface area contributed by atoms with Crippen molar-refractivity contribution < 1.29 is 57.2 Å². The second kappa shape index (κ2) is 13.9. The van der Waals surface area contributed by atoms with Crippen molar-refractivity contribution in [3.8, 4) is 0 Å². The van der Waals surface area contributed by atoms with Crippen LogP contribution in [0.5, 0.6) is 0 Å². The fourth-order valence-electron chi connectivity index (χ4n) is 5.88. The summed E-state index contributed by atoms with van der Waals surface area (Å²) in [6, 6.07) is 0. The van der Waals surface area contributed by atoms with E-state index in [0.29, 0.717) is 0 Å². The van der Waals surface area contributed by atoms with Crippen molar-refractivity contribution in [1.29, 1.82) is 0 Å². The fourth-order valence-corrected chi connectivity index (χ4v) is 5.88. The lowest BCUT2D eigenvalue weighted by Crippen LogP contribution is -2.58. The number of fused-ring (bicyclic) bond motifs is 1. The van der Waals surface area contributed by atoms with Crippen molar-refractivity contribution >= 4 is 41.4 Å². The van der Waals surface area contributed by atoms with E-state index in [1.165, 1.54) is 26.0 Å². The maximum absolute atomic E-state index is 14.4. The van der Waals surface area contributed by atoms with E-state index in [4.69, 9.17) is 23.7 Å². The number of carbonyl (C=O) groups excluding carboxylic acids is 7. The molecule has 0 spiro atoms. The molecule has 244 valence electrons. The van der Waals surface area contributed by atoms with Crippen molar-refractivity contribution in [2.45, 2.75) is 106 Å². The van der Waals surface area contributed by atoms with Gasteiger partial charge in [0.1, 0.15) is 12.2 Å². The zero-order valence-electron chi connectivity index (χ0n) is 27.1. The van der Waals surface area contributed by atoms with E-state index in [-0.39, 0.29) is 12.0 Å². The van der Waals surface area contributed by atoms with Gasteiger partial charge in [0.15, 0.2) is 23.3 Å². The average Bonchev–Trinajstić information content (AvgIpc) is 3.15. The summed E-state index contributed by atoms with van der Waals surface area (Å²) in [6.45, 7) is 17.8. The number of ether oxygens (including phenoxy) is 5. The molecular formula is C32H44O12. The molecule has 0 aromatic rings. The molecule has 0 aliphatic heterocycles. The van der Waals surface area contributed by atoms with Gasteiger partial charge in [-0.05, 0) is 19.8 Å². The van der Waals surface area contributed by atoms with Crippen LogP contribution in [0.4, 0.5) is 0 Å². The van der Waals surface area contributed by atoms with E-state index in [1.807, 2.05) is 0 Å². The summed E-state index contributed by atoms with van der Waals surface area (Å²) in [4.78, 5) is 91.4. The van der Waals surface area contributed by atoms with E-state index in [0.717, 1.165) is 27.7 Å². The van der Waals surface area contributed by atoms with Gasteiger partial charge in [0.2, 0.25) is 6.10 Å². The quantitative estimate of drug-likeness (QED) is 0.242. The van der Waals surface area contributed by atoms with Gasteiger partial charge in [0.05, 0.1) is 11.8 Å². The van der Waals surface area contributed by atoms with Gasteiger partial charge in [-0.2, -0.15) is 0 Å². The van der Waals surface area contributed by atoms with Gasteiger partial charge in [0, 0.05) is 51.0 Å². The third kappa shape index (κ3) is 7.81. The molecule has 1 saturated carbocycles. The van der Waals surface area contributed by atoms with Crippen LogP contribution in [0, 0.1) is 29.1 Å². The van der Waals surface area contributed by atoms with Crippen LogP contribution in [0.2, 0.25) is 0 Å². The van der Waals surface area contributed by atoms with E-state index < -0.39 is 101 Å². The van der Waals surface area contributed by atoms with Crippen molar-refractivity contribution in [2.24, 2.45) is 29.1 Å². The maximum atomic E-state index is 14.4. The van der Waals surface area contributed by atoms with Crippen LogP contribution >= 0.6 is 0 Å². The van der Waals surface area contributed by atoms with E-state index in [2.05, 4.69) is 6.58 Å². The molecule has 0 radical (unpaired) electrons. The Labute approximate surface area is 257 Å². The molecule has 12 nitrogen and oxygen atoms in total. The predicted octanol–water partition coefficient (Wildman–Crippen LogP) is 3.23. The number of esters is 5. The van der Waals surface area contributed by atoms with Crippen LogP contribution in [0.1, 0.15) is 75.7 Å². The first-order chi connectivity index (χ1) is 20.2. The molecule has 0 unspecified atom stereocenters. The molecule has 0 aromatic carbocycles. The van der Waals surface area contributed by atoms with Gasteiger partial charge in [-0.25, -0.2) is 0 Å². The number of rotatable bonds is 6. The highest BCUT2D eigenvalue weighted by Crippen LogP contribution is 2.51. The molecule has 2 rings (SSSR count). The van der Waals surface area contributed by atoms with Crippen LogP contribution in [-0.4, -0.2) is 71.4 Å². The molecule has 0 aromatic heterocycles. The van der Waals surface area contributed by atoms with Gasteiger partial charge in [-0.3, -0.25) is 33.6 Å². The Morgan fingerprint density at radius 3 is 1.80 bits per heavy atom. The smallest absolute Gasteiger partial charge is 0.309 e. The minimum Gasteiger partial charge on any atom is -0.462 e. The number of allylic oxidation sites excluding steroid dienone is 2. The number of ketones is 2. The molecule has 8 atom stereocenters. The van der Waals surface area contributed by atoms with E-state index in [1.54, 1.807) is 27.7 Å². The molecule has 44 heavy (non-hydrogen) atoms. The Bertz CT molecular complexity index is 1240. The summed E-state index contributed by atoms with van der Waals surface area (Å²) in [5.74, 6) is -9.04. The Balaban J connectivity index is 3.08. The molecule has 12 heteroatoms. The van der Waals surface area contributed by atoms with Gasteiger partial charge >= 0.3 is 29.8 Å². The van der Waals surface area contributed by atoms with Crippen molar-refractivity contribution in [3.63, 3.8) is 0 Å². The van der Waals surface area contributed by atoms with Crippen molar-refractivity contribution in [3.05, 3.63) is 24.3 Å². The summed E-state index contributed by atoms with van der Waals surface area (Å²) >= 11 is 0.